The van der Waals surface area contributed by atoms with Gasteiger partial charge in [-0.1, -0.05) is 6.92 Å². The van der Waals surface area contributed by atoms with Crippen LogP contribution in [0.15, 0.2) is 0 Å². The van der Waals surface area contributed by atoms with E-state index in [2.05, 4.69) is 0 Å². The van der Waals surface area contributed by atoms with Gasteiger partial charge in [-0.25, -0.2) is 0 Å². The Labute approximate surface area is 88.1 Å². The summed E-state index contributed by atoms with van der Waals surface area (Å²) >= 11 is 0. The lowest BCUT2D eigenvalue weighted by Gasteiger charge is -2.26. The number of aliphatic carboxylic acids is 1. The SMILES string of the molecule is CC(CC(=O)O)CN1C(=O)CCCC1=O. The molecule has 1 rings (SSSR count). The first kappa shape index (κ1) is 11.7. The summed E-state index contributed by atoms with van der Waals surface area (Å²) in [6.07, 6.45) is 1.38. The Kier molecular flexibility index (Phi) is 3.82. The first-order valence-corrected chi connectivity index (χ1v) is 5.05. The molecule has 0 radical (unpaired) electrons. The van der Waals surface area contributed by atoms with E-state index in [9.17, 15) is 14.4 Å². The minimum absolute atomic E-state index is 0.0168. The largest absolute Gasteiger partial charge is 0.481 e. The average Bonchev–Trinajstić information content (AvgIpc) is 2.10. The van der Waals surface area contributed by atoms with E-state index in [1.807, 2.05) is 0 Å². The van der Waals surface area contributed by atoms with Crippen LogP contribution in [0.2, 0.25) is 0 Å². The summed E-state index contributed by atoms with van der Waals surface area (Å²) in [4.78, 5) is 34.4. The third kappa shape index (κ3) is 3.34. The summed E-state index contributed by atoms with van der Waals surface area (Å²) < 4.78 is 0. The van der Waals surface area contributed by atoms with Crippen molar-refractivity contribution >= 4 is 17.8 Å². The topological polar surface area (TPSA) is 74.7 Å². The first-order valence-electron chi connectivity index (χ1n) is 5.05. The van der Waals surface area contributed by atoms with Gasteiger partial charge in [0, 0.05) is 25.8 Å². The Hall–Kier alpha value is -1.39. The van der Waals surface area contributed by atoms with Crippen molar-refractivity contribution in [3.63, 3.8) is 0 Å². The van der Waals surface area contributed by atoms with Gasteiger partial charge >= 0.3 is 5.97 Å². The third-order valence-electron chi connectivity index (χ3n) is 2.40. The lowest BCUT2D eigenvalue weighted by atomic mass is 10.0. The molecule has 5 heteroatoms. The molecular weight excluding hydrogens is 198 g/mol. The number of hydrogen-bond acceptors (Lipinski definition) is 3. The molecule has 15 heavy (non-hydrogen) atoms. The van der Waals surface area contributed by atoms with E-state index in [4.69, 9.17) is 5.11 Å². The van der Waals surface area contributed by atoms with Crippen LogP contribution in [0.1, 0.15) is 32.6 Å². The predicted octanol–water partition coefficient (Wildman–Crippen LogP) is 0.636. The van der Waals surface area contributed by atoms with Gasteiger partial charge in [-0.05, 0) is 12.3 Å². The smallest absolute Gasteiger partial charge is 0.303 e. The van der Waals surface area contributed by atoms with Crippen LogP contribution in [0.25, 0.3) is 0 Å². The van der Waals surface area contributed by atoms with Gasteiger partial charge in [0.2, 0.25) is 11.8 Å². The highest BCUT2D eigenvalue weighted by atomic mass is 16.4. The fourth-order valence-corrected chi connectivity index (χ4v) is 1.68. The van der Waals surface area contributed by atoms with E-state index < -0.39 is 5.97 Å². The number of rotatable bonds is 4. The van der Waals surface area contributed by atoms with Crippen LogP contribution in [-0.2, 0) is 14.4 Å². The molecule has 0 bridgehead atoms. The van der Waals surface area contributed by atoms with Crippen molar-refractivity contribution in [2.75, 3.05) is 6.54 Å². The highest BCUT2D eigenvalue weighted by Crippen LogP contribution is 2.15. The summed E-state index contributed by atoms with van der Waals surface area (Å²) in [5, 5.41) is 8.56. The van der Waals surface area contributed by atoms with E-state index in [0.29, 0.717) is 19.3 Å². The molecule has 2 amide bonds. The first-order chi connectivity index (χ1) is 7.00. The molecule has 84 valence electrons. The molecule has 1 aliphatic heterocycles. The molecule has 1 fully saturated rings. The molecule has 1 heterocycles. The highest BCUT2D eigenvalue weighted by Gasteiger charge is 2.27. The molecule has 0 aromatic heterocycles. The van der Waals surface area contributed by atoms with Gasteiger partial charge < -0.3 is 5.11 Å². The number of carbonyl (C=O) groups is 3. The zero-order chi connectivity index (χ0) is 11.4. The van der Waals surface area contributed by atoms with E-state index in [-0.39, 0.29) is 30.7 Å². The number of carboxylic acids is 1. The summed E-state index contributed by atoms with van der Waals surface area (Å²) in [6.45, 7) is 1.95. The van der Waals surface area contributed by atoms with Crippen LogP contribution in [0.5, 0.6) is 0 Å². The number of nitrogens with zero attached hydrogens (tertiary/aromatic N) is 1. The van der Waals surface area contributed by atoms with Crippen LogP contribution in [0.4, 0.5) is 0 Å². The molecular formula is C10H15NO4. The predicted molar refractivity (Wildman–Crippen MR) is 52.0 cm³/mol. The number of likely N-dealkylation sites (tertiary alicyclic amines) is 1. The highest BCUT2D eigenvalue weighted by molar-refractivity contribution is 5.97. The molecule has 0 spiro atoms. The number of carboxylic acid groups (broad SMARTS) is 1. The molecule has 0 aliphatic carbocycles. The average molecular weight is 213 g/mol. The Bertz CT molecular complexity index is 271. The maximum Gasteiger partial charge on any atom is 0.303 e. The number of carbonyl (C=O) groups excluding carboxylic acids is 2. The minimum atomic E-state index is -0.903. The van der Waals surface area contributed by atoms with Gasteiger partial charge in [-0.15, -0.1) is 0 Å². The van der Waals surface area contributed by atoms with Crippen molar-refractivity contribution in [2.45, 2.75) is 32.6 Å². The van der Waals surface area contributed by atoms with Crippen molar-refractivity contribution in [1.29, 1.82) is 0 Å². The second-order valence-corrected chi connectivity index (χ2v) is 3.95. The molecule has 0 aromatic rings. The zero-order valence-electron chi connectivity index (χ0n) is 8.73. The minimum Gasteiger partial charge on any atom is -0.481 e. The Balaban J connectivity index is 2.51. The van der Waals surface area contributed by atoms with Gasteiger partial charge in [0.05, 0.1) is 0 Å². The Morgan fingerprint density at radius 1 is 1.40 bits per heavy atom. The summed E-state index contributed by atoms with van der Waals surface area (Å²) in [5.41, 5.74) is 0. The molecule has 1 aliphatic rings. The van der Waals surface area contributed by atoms with E-state index in [1.54, 1.807) is 6.92 Å². The van der Waals surface area contributed by atoms with Crippen molar-refractivity contribution < 1.29 is 19.5 Å². The Morgan fingerprint density at radius 2 is 1.93 bits per heavy atom. The summed E-state index contributed by atoms with van der Waals surface area (Å²) in [7, 11) is 0. The lowest BCUT2D eigenvalue weighted by Crippen LogP contribution is -2.42. The van der Waals surface area contributed by atoms with Crippen LogP contribution in [-0.4, -0.2) is 34.3 Å². The molecule has 0 saturated carbocycles. The maximum atomic E-state index is 11.4. The van der Waals surface area contributed by atoms with Gasteiger partial charge in [0.25, 0.3) is 0 Å². The quantitative estimate of drug-likeness (QED) is 0.695. The van der Waals surface area contributed by atoms with Gasteiger partial charge in [-0.2, -0.15) is 0 Å². The summed E-state index contributed by atoms with van der Waals surface area (Å²) in [5.74, 6) is -1.44. The lowest BCUT2D eigenvalue weighted by molar-refractivity contribution is -0.150. The second kappa shape index (κ2) is 4.91. The molecule has 0 aromatic carbocycles. The van der Waals surface area contributed by atoms with Crippen LogP contribution in [0.3, 0.4) is 0 Å². The monoisotopic (exact) mass is 213 g/mol. The van der Waals surface area contributed by atoms with Crippen molar-refractivity contribution in [1.82, 2.24) is 4.90 Å². The van der Waals surface area contributed by atoms with E-state index in [1.165, 1.54) is 4.90 Å². The number of hydrogen-bond donors (Lipinski definition) is 1. The normalized spacial score (nSPS) is 19.1. The van der Waals surface area contributed by atoms with Crippen LogP contribution in [0, 0.1) is 5.92 Å². The second-order valence-electron chi connectivity index (χ2n) is 3.95. The van der Waals surface area contributed by atoms with Crippen molar-refractivity contribution in [2.24, 2.45) is 5.92 Å². The number of piperidine rings is 1. The fraction of sp³-hybridized carbons (Fsp3) is 0.700. The van der Waals surface area contributed by atoms with Gasteiger partial charge in [0.15, 0.2) is 0 Å². The Morgan fingerprint density at radius 3 is 2.40 bits per heavy atom. The van der Waals surface area contributed by atoms with E-state index in [0.717, 1.165) is 0 Å². The van der Waals surface area contributed by atoms with Crippen molar-refractivity contribution in [3.05, 3.63) is 0 Å². The fourth-order valence-electron chi connectivity index (χ4n) is 1.68. The molecule has 1 N–H and O–H groups in total. The number of imide groups is 1. The van der Waals surface area contributed by atoms with Crippen molar-refractivity contribution in [3.8, 4) is 0 Å². The van der Waals surface area contributed by atoms with Crippen LogP contribution >= 0.6 is 0 Å². The molecule has 5 nitrogen and oxygen atoms in total. The molecule has 1 atom stereocenters. The molecule has 1 unspecified atom stereocenters. The van der Waals surface area contributed by atoms with Gasteiger partial charge in [0.1, 0.15) is 0 Å². The molecule has 1 saturated heterocycles. The van der Waals surface area contributed by atoms with E-state index >= 15 is 0 Å². The van der Waals surface area contributed by atoms with Gasteiger partial charge in [-0.3, -0.25) is 19.3 Å². The maximum absolute atomic E-state index is 11.4. The zero-order valence-corrected chi connectivity index (χ0v) is 8.73. The van der Waals surface area contributed by atoms with Crippen LogP contribution < -0.4 is 0 Å². The number of amides is 2. The standard InChI is InChI=1S/C10H15NO4/c1-7(5-10(14)15)6-11-8(12)3-2-4-9(11)13/h7H,2-6H2,1H3,(H,14,15). The summed E-state index contributed by atoms with van der Waals surface area (Å²) in [6, 6.07) is 0. The third-order valence-corrected chi connectivity index (χ3v) is 2.40.